The summed E-state index contributed by atoms with van der Waals surface area (Å²) < 4.78 is 6.34. The predicted molar refractivity (Wildman–Crippen MR) is 94.0 cm³/mol. The smallest absolute Gasteiger partial charge is 0.291 e. The van der Waals surface area contributed by atoms with Crippen LogP contribution in [0.5, 0.6) is 0 Å². The third kappa shape index (κ3) is 3.35. The Bertz CT molecular complexity index is 946. The van der Waals surface area contributed by atoms with Crippen molar-refractivity contribution in [1.82, 2.24) is 0 Å². The molecule has 2 aromatic carbocycles. The number of carbonyl (C=O) groups is 1. The zero-order chi connectivity index (χ0) is 16.4. The first-order valence-electron chi connectivity index (χ1n) is 7.20. The molecule has 1 aromatic heterocycles. The van der Waals surface area contributed by atoms with E-state index in [1.165, 1.54) is 6.07 Å². The van der Waals surface area contributed by atoms with Crippen LogP contribution in [-0.2, 0) is 6.42 Å². The lowest BCUT2D eigenvalue weighted by Crippen LogP contribution is -2.15. The van der Waals surface area contributed by atoms with Crippen molar-refractivity contribution in [3.63, 3.8) is 0 Å². The Kier molecular flexibility index (Phi) is 4.30. The van der Waals surface area contributed by atoms with Crippen molar-refractivity contribution < 1.29 is 9.21 Å². The van der Waals surface area contributed by atoms with Gasteiger partial charge in [-0.3, -0.25) is 9.59 Å². The van der Waals surface area contributed by atoms with Crippen LogP contribution in [0.1, 0.15) is 23.0 Å². The van der Waals surface area contributed by atoms with Gasteiger partial charge in [-0.1, -0.05) is 35.0 Å². The van der Waals surface area contributed by atoms with Crippen LogP contribution in [0.3, 0.4) is 0 Å². The zero-order valence-electron chi connectivity index (χ0n) is 12.4. The second-order valence-electron chi connectivity index (χ2n) is 5.12. The van der Waals surface area contributed by atoms with Gasteiger partial charge < -0.3 is 9.73 Å². The number of amides is 1. The van der Waals surface area contributed by atoms with E-state index in [1.807, 2.05) is 25.1 Å². The fourth-order valence-corrected chi connectivity index (χ4v) is 2.66. The summed E-state index contributed by atoms with van der Waals surface area (Å²) in [7, 11) is 0. The van der Waals surface area contributed by atoms with E-state index in [9.17, 15) is 9.59 Å². The molecule has 0 saturated carbocycles. The molecule has 0 spiro atoms. The number of hydrogen-bond acceptors (Lipinski definition) is 3. The van der Waals surface area contributed by atoms with Crippen LogP contribution in [0, 0.1) is 0 Å². The van der Waals surface area contributed by atoms with Crippen molar-refractivity contribution in [2.24, 2.45) is 0 Å². The Labute approximate surface area is 141 Å². The van der Waals surface area contributed by atoms with Gasteiger partial charge in [0, 0.05) is 16.2 Å². The first-order valence-corrected chi connectivity index (χ1v) is 8.00. The number of benzene rings is 2. The number of hydrogen-bond donors (Lipinski definition) is 1. The number of aryl methyl sites for hydroxylation is 1. The van der Waals surface area contributed by atoms with Crippen molar-refractivity contribution in [1.29, 1.82) is 0 Å². The standard InChI is InChI=1S/C18H14BrNO3/c1-2-11-4-3-5-13(8-11)20-18(22)17-10-15(21)14-9-12(19)6-7-16(14)23-17/h3-10H,2H2,1H3,(H,20,22). The maximum atomic E-state index is 12.3. The summed E-state index contributed by atoms with van der Waals surface area (Å²) in [5.74, 6) is -0.452. The van der Waals surface area contributed by atoms with Crippen molar-refractivity contribution in [2.45, 2.75) is 13.3 Å². The van der Waals surface area contributed by atoms with E-state index >= 15 is 0 Å². The van der Waals surface area contributed by atoms with Gasteiger partial charge in [-0.15, -0.1) is 0 Å². The van der Waals surface area contributed by atoms with Crippen LogP contribution < -0.4 is 10.7 Å². The molecule has 0 aliphatic carbocycles. The normalized spacial score (nSPS) is 10.7. The van der Waals surface area contributed by atoms with Crippen LogP contribution in [0.2, 0.25) is 0 Å². The van der Waals surface area contributed by atoms with Crippen LogP contribution in [-0.4, -0.2) is 5.91 Å². The van der Waals surface area contributed by atoms with E-state index in [1.54, 1.807) is 24.3 Å². The van der Waals surface area contributed by atoms with Gasteiger partial charge in [0.25, 0.3) is 5.91 Å². The first kappa shape index (κ1) is 15.5. The molecular weight excluding hydrogens is 358 g/mol. The van der Waals surface area contributed by atoms with Crippen LogP contribution in [0.15, 0.2) is 62.2 Å². The maximum absolute atomic E-state index is 12.3. The fourth-order valence-electron chi connectivity index (χ4n) is 2.30. The number of fused-ring (bicyclic) bond motifs is 1. The molecule has 1 amide bonds. The molecule has 1 heterocycles. The molecule has 0 aliphatic rings. The highest BCUT2D eigenvalue weighted by atomic mass is 79.9. The van der Waals surface area contributed by atoms with E-state index in [-0.39, 0.29) is 11.2 Å². The molecule has 0 fully saturated rings. The molecule has 23 heavy (non-hydrogen) atoms. The van der Waals surface area contributed by atoms with E-state index in [0.717, 1.165) is 16.5 Å². The minimum Gasteiger partial charge on any atom is -0.451 e. The van der Waals surface area contributed by atoms with Gasteiger partial charge in [-0.25, -0.2) is 0 Å². The molecule has 3 aromatic rings. The van der Waals surface area contributed by atoms with Gasteiger partial charge in [-0.2, -0.15) is 0 Å². The maximum Gasteiger partial charge on any atom is 0.291 e. The van der Waals surface area contributed by atoms with Crippen molar-refractivity contribution in [2.75, 3.05) is 5.32 Å². The molecule has 0 bridgehead atoms. The Hall–Kier alpha value is -2.40. The molecule has 116 valence electrons. The van der Waals surface area contributed by atoms with Crippen molar-refractivity contribution >= 4 is 38.5 Å². The minimum absolute atomic E-state index is 0.00766. The molecule has 0 radical (unpaired) electrons. The van der Waals surface area contributed by atoms with Gasteiger partial charge in [0.2, 0.25) is 0 Å². The third-order valence-corrected chi connectivity index (χ3v) is 4.00. The molecule has 5 heteroatoms. The topological polar surface area (TPSA) is 59.3 Å². The SMILES string of the molecule is CCc1cccc(NC(=O)c2cc(=O)c3cc(Br)ccc3o2)c1. The van der Waals surface area contributed by atoms with Gasteiger partial charge >= 0.3 is 0 Å². The van der Waals surface area contributed by atoms with E-state index < -0.39 is 5.91 Å². The van der Waals surface area contributed by atoms with E-state index in [4.69, 9.17) is 4.42 Å². The first-order chi connectivity index (χ1) is 11.1. The molecule has 0 saturated heterocycles. The lowest BCUT2D eigenvalue weighted by Gasteiger charge is -2.07. The molecule has 1 N–H and O–H groups in total. The lowest BCUT2D eigenvalue weighted by molar-refractivity contribution is 0.0997. The van der Waals surface area contributed by atoms with Gasteiger partial charge in [0.1, 0.15) is 5.58 Å². The molecule has 0 atom stereocenters. The number of carbonyl (C=O) groups excluding carboxylic acids is 1. The van der Waals surface area contributed by atoms with E-state index in [2.05, 4.69) is 21.2 Å². The summed E-state index contributed by atoms with van der Waals surface area (Å²) in [4.78, 5) is 24.5. The molecule has 0 unspecified atom stereocenters. The third-order valence-electron chi connectivity index (χ3n) is 3.51. The largest absolute Gasteiger partial charge is 0.451 e. The van der Waals surface area contributed by atoms with Crippen LogP contribution in [0.4, 0.5) is 5.69 Å². The minimum atomic E-state index is -0.444. The summed E-state index contributed by atoms with van der Waals surface area (Å²) >= 11 is 3.31. The van der Waals surface area contributed by atoms with Gasteiger partial charge in [0.15, 0.2) is 11.2 Å². The van der Waals surface area contributed by atoms with Crippen LogP contribution >= 0.6 is 15.9 Å². The second kappa shape index (κ2) is 6.38. The highest BCUT2D eigenvalue weighted by molar-refractivity contribution is 9.10. The van der Waals surface area contributed by atoms with Crippen molar-refractivity contribution in [3.8, 4) is 0 Å². The summed E-state index contributed by atoms with van der Waals surface area (Å²) in [5.41, 5.74) is 1.92. The number of nitrogens with one attached hydrogen (secondary N) is 1. The molecule has 0 aliphatic heterocycles. The monoisotopic (exact) mass is 371 g/mol. The Morgan fingerprint density at radius 1 is 1.17 bits per heavy atom. The summed E-state index contributed by atoms with van der Waals surface area (Å²) in [6.07, 6.45) is 0.879. The predicted octanol–water partition coefficient (Wildman–Crippen LogP) is 4.37. The zero-order valence-corrected chi connectivity index (χ0v) is 14.0. The molecule has 4 nitrogen and oxygen atoms in total. The second-order valence-corrected chi connectivity index (χ2v) is 6.04. The quantitative estimate of drug-likeness (QED) is 0.743. The summed E-state index contributed by atoms with van der Waals surface area (Å²) in [6.45, 7) is 2.04. The van der Waals surface area contributed by atoms with Gasteiger partial charge in [0.05, 0.1) is 5.39 Å². The average molecular weight is 372 g/mol. The highest BCUT2D eigenvalue weighted by Crippen LogP contribution is 2.19. The fraction of sp³-hybridized carbons (Fsp3) is 0.111. The summed E-state index contributed by atoms with van der Waals surface area (Å²) in [6, 6.07) is 13.9. The van der Waals surface area contributed by atoms with Gasteiger partial charge in [-0.05, 0) is 42.3 Å². The van der Waals surface area contributed by atoms with E-state index in [0.29, 0.717) is 16.7 Å². The highest BCUT2D eigenvalue weighted by Gasteiger charge is 2.13. The number of anilines is 1. The number of halogens is 1. The lowest BCUT2D eigenvalue weighted by atomic mass is 10.1. The number of rotatable bonds is 3. The molecule has 3 rings (SSSR count). The summed E-state index contributed by atoms with van der Waals surface area (Å²) in [5, 5.41) is 3.19. The Morgan fingerprint density at radius 3 is 2.78 bits per heavy atom. The molecular formula is C18H14BrNO3. The Morgan fingerprint density at radius 2 is 2.00 bits per heavy atom. The Balaban J connectivity index is 1.94. The van der Waals surface area contributed by atoms with Crippen molar-refractivity contribution in [3.05, 3.63) is 74.6 Å². The van der Waals surface area contributed by atoms with Crippen LogP contribution in [0.25, 0.3) is 11.0 Å². The average Bonchev–Trinajstić information content (AvgIpc) is 2.55.